The van der Waals surface area contributed by atoms with Crippen LogP contribution in [0.2, 0.25) is 0 Å². The monoisotopic (exact) mass is 296 g/mol. The second-order valence-electron chi connectivity index (χ2n) is 4.73. The molecule has 5 nitrogen and oxygen atoms in total. The standard InChI is InChI=1S/C11H24N2O3S2/c1-3-11(9-17-2)12-18(15,16)13-6-4-5-10(7-13)8-14/h10-12,14H,3-9H2,1-2H3. The number of hydrogen-bond acceptors (Lipinski definition) is 4. The van der Waals surface area contributed by atoms with Crippen molar-refractivity contribution in [1.29, 1.82) is 0 Å². The molecule has 1 heterocycles. The predicted molar refractivity (Wildman–Crippen MR) is 75.9 cm³/mol. The van der Waals surface area contributed by atoms with E-state index in [9.17, 15) is 8.42 Å². The molecule has 2 unspecified atom stereocenters. The van der Waals surface area contributed by atoms with E-state index in [0.29, 0.717) is 13.1 Å². The molecular formula is C11H24N2O3S2. The van der Waals surface area contributed by atoms with Gasteiger partial charge in [-0.2, -0.15) is 29.2 Å². The average molecular weight is 296 g/mol. The third-order valence-corrected chi connectivity index (χ3v) is 5.63. The van der Waals surface area contributed by atoms with Crippen LogP contribution in [0.4, 0.5) is 0 Å². The maximum atomic E-state index is 12.2. The van der Waals surface area contributed by atoms with Crippen molar-refractivity contribution in [3.8, 4) is 0 Å². The molecule has 0 bridgehead atoms. The van der Waals surface area contributed by atoms with Crippen LogP contribution in [0.5, 0.6) is 0 Å². The summed E-state index contributed by atoms with van der Waals surface area (Å²) in [6.45, 7) is 3.03. The van der Waals surface area contributed by atoms with Crippen molar-refractivity contribution in [2.45, 2.75) is 32.2 Å². The van der Waals surface area contributed by atoms with Gasteiger partial charge >= 0.3 is 0 Å². The number of hydrogen-bond donors (Lipinski definition) is 2. The van der Waals surface area contributed by atoms with E-state index in [1.165, 1.54) is 4.31 Å². The van der Waals surface area contributed by atoms with Gasteiger partial charge in [-0.05, 0) is 31.4 Å². The highest BCUT2D eigenvalue weighted by atomic mass is 32.2. The summed E-state index contributed by atoms with van der Waals surface area (Å²) in [5.74, 6) is 0.864. The number of nitrogens with one attached hydrogen (secondary N) is 1. The number of aliphatic hydroxyl groups is 1. The lowest BCUT2D eigenvalue weighted by Crippen LogP contribution is -2.49. The molecule has 1 saturated heterocycles. The molecule has 1 aliphatic heterocycles. The normalized spacial score (nSPS) is 24.1. The van der Waals surface area contributed by atoms with Gasteiger partial charge in [0.1, 0.15) is 0 Å². The van der Waals surface area contributed by atoms with Gasteiger partial charge in [-0.15, -0.1) is 0 Å². The molecule has 2 N–H and O–H groups in total. The molecule has 2 atom stereocenters. The molecule has 18 heavy (non-hydrogen) atoms. The highest BCUT2D eigenvalue weighted by molar-refractivity contribution is 7.98. The van der Waals surface area contributed by atoms with Gasteiger partial charge in [0.05, 0.1) is 0 Å². The molecule has 0 aromatic heterocycles. The van der Waals surface area contributed by atoms with Gasteiger partial charge in [0.15, 0.2) is 0 Å². The molecule has 1 rings (SSSR count). The summed E-state index contributed by atoms with van der Waals surface area (Å²) in [6.07, 6.45) is 4.49. The van der Waals surface area contributed by atoms with Crippen molar-refractivity contribution in [3.05, 3.63) is 0 Å². The third kappa shape index (κ3) is 4.70. The molecule has 0 radical (unpaired) electrons. The first-order valence-corrected chi connectivity index (χ1v) is 9.24. The smallest absolute Gasteiger partial charge is 0.279 e. The summed E-state index contributed by atoms with van der Waals surface area (Å²) in [7, 11) is -3.40. The zero-order valence-corrected chi connectivity index (χ0v) is 12.8. The summed E-state index contributed by atoms with van der Waals surface area (Å²) in [4.78, 5) is 0. The van der Waals surface area contributed by atoms with Gasteiger partial charge in [-0.1, -0.05) is 6.92 Å². The Morgan fingerprint density at radius 3 is 2.83 bits per heavy atom. The van der Waals surface area contributed by atoms with Crippen molar-refractivity contribution < 1.29 is 13.5 Å². The van der Waals surface area contributed by atoms with Crippen molar-refractivity contribution in [2.75, 3.05) is 31.7 Å². The Morgan fingerprint density at radius 2 is 2.28 bits per heavy atom. The van der Waals surface area contributed by atoms with E-state index in [1.54, 1.807) is 11.8 Å². The molecule has 0 saturated carbocycles. The predicted octanol–water partition coefficient (Wildman–Crippen LogP) is 0.667. The van der Waals surface area contributed by atoms with Crippen molar-refractivity contribution >= 4 is 22.0 Å². The zero-order valence-electron chi connectivity index (χ0n) is 11.1. The molecule has 7 heteroatoms. The Morgan fingerprint density at radius 1 is 1.56 bits per heavy atom. The quantitative estimate of drug-likeness (QED) is 0.724. The summed E-state index contributed by atoms with van der Waals surface area (Å²) >= 11 is 1.64. The molecule has 0 spiro atoms. The van der Waals surface area contributed by atoms with Crippen LogP contribution in [-0.4, -0.2) is 55.6 Å². The fourth-order valence-corrected chi connectivity index (χ4v) is 4.54. The highest BCUT2D eigenvalue weighted by Gasteiger charge is 2.29. The molecule has 0 aromatic rings. The van der Waals surface area contributed by atoms with Crippen LogP contribution in [0.15, 0.2) is 0 Å². The lowest BCUT2D eigenvalue weighted by atomic mass is 10.0. The van der Waals surface area contributed by atoms with E-state index in [0.717, 1.165) is 25.0 Å². The fourth-order valence-electron chi connectivity index (χ4n) is 2.12. The van der Waals surface area contributed by atoms with E-state index < -0.39 is 10.2 Å². The molecule has 108 valence electrons. The van der Waals surface area contributed by atoms with Crippen LogP contribution in [0.3, 0.4) is 0 Å². The maximum Gasteiger partial charge on any atom is 0.279 e. The first-order valence-electron chi connectivity index (χ1n) is 6.40. The Kier molecular flexibility index (Phi) is 6.94. The van der Waals surface area contributed by atoms with Crippen LogP contribution in [0.1, 0.15) is 26.2 Å². The van der Waals surface area contributed by atoms with E-state index in [1.807, 2.05) is 13.2 Å². The largest absolute Gasteiger partial charge is 0.396 e. The van der Waals surface area contributed by atoms with Crippen LogP contribution >= 0.6 is 11.8 Å². The summed E-state index contributed by atoms with van der Waals surface area (Å²) in [6, 6.07) is -0.0143. The molecule has 1 aliphatic rings. The minimum absolute atomic E-state index is 0.0143. The van der Waals surface area contributed by atoms with E-state index >= 15 is 0 Å². The van der Waals surface area contributed by atoms with Crippen molar-refractivity contribution in [3.63, 3.8) is 0 Å². The van der Waals surface area contributed by atoms with Gasteiger partial charge < -0.3 is 5.11 Å². The Balaban J connectivity index is 2.61. The number of piperidine rings is 1. The second kappa shape index (κ2) is 7.69. The topological polar surface area (TPSA) is 69.6 Å². The average Bonchev–Trinajstić information content (AvgIpc) is 2.38. The van der Waals surface area contributed by atoms with Gasteiger partial charge in [0.25, 0.3) is 10.2 Å². The maximum absolute atomic E-state index is 12.2. The molecule has 0 aromatic carbocycles. The van der Waals surface area contributed by atoms with E-state index in [-0.39, 0.29) is 18.6 Å². The van der Waals surface area contributed by atoms with Crippen LogP contribution in [0, 0.1) is 5.92 Å². The molecular weight excluding hydrogens is 272 g/mol. The second-order valence-corrected chi connectivity index (χ2v) is 7.35. The number of nitrogens with zero attached hydrogens (tertiary/aromatic N) is 1. The minimum Gasteiger partial charge on any atom is -0.396 e. The van der Waals surface area contributed by atoms with E-state index in [4.69, 9.17) is 5.11 Å². The Hall–Kier alpha value is 0.180. The van der Waals surface area contributed by atoms with Crippen LogP contribution < -0.4 is 4.72 Å². The van der Waals surface area contributed by atoms with Gasteiger partial charge in [0, 0.05) is 31.5 Å². The van der Waals surface area contributed by atoms with Gasteiger partial charge in [-0.3, -0.25) is 0 Å². The van der Waals surface area contributed by atoms with Crippen molar-refractivity contribution in [1.82, 2.24) is 9.03 Å². The van der Waals surface area contributed by atoms with Crippen LogP contribution in [-0.2, 0) is 10.2 Å². The zero-order chi connectivity index (χ0) is 13.6. The third-order valence-electron chi connectivity index (χ3n) is 3.26. The summed E-state index contributed by atoms with van der Waals surface area (Å²) < 4.78 is 28.7. The Bertz CT molecular complexity index is 335. The lowest BCUT2D eigenvalue weighted by Gasteiger charge is -2.32. The first-order chi connectivity index (χ1) is 8.53. The van der Waals surface area contributed by atoms with E-state index in [2.05, 4.69) is 4.72 Å². The summed E-state index contributed by atoms with van der Waals surface area (Å²) in [5.41, 5.74) is 0. The fraction of sp³-hybridized carbons (Fsp3) is 1.00. The number of rotatable bonds is 7. The van der Waals surface area contributed by atoms with Gasteiger partial charge in [-0.25, -0.2) is 0 Å². The Labute approximate surface area is 115 Å². The lowest BCUT2D eigenvalue weighted by molar-refractivity contribution is 0.164. The molecule has 1 fully saturated rings. The number of thioether (sulfide) groups is 1. The summed E-state index contributed by atoms with van der Waals surface area (Å²) in [5, 5.41) is 9.14. The first kappa shape index (κ1) is 16.2. The van der Waals surface area contributed by atoms with Crippen LogP contribution in [0.25, 0.3) is 0 Å². The number of aliphatic hydroxyl groups excluding tert-OH is 1. The molecule has 0 amide bonds. The van der Waals surface area contributed by atoms with Gasteiger partial charge in [0.2, 0.25) is 0 Å². The SMILES string of the molecule is CCC(CSC)NS(=O)(=O)N1CCCC(CO)C1. The minimum atomic E-state index is -3.40. The molecule has 0 aliphatic carbocycles. The highest BCUT2D eigenvalue weighted by Crippen LogP contribution is 2.18. The van der Waals surface area contributed by atoms with Crippen molar-refractivity contribution in [2.24, 2.45) is 5.92 Å².